The van der Waals surface area contributed by atoms with E-state index in [-0.39, 0.29) is 16.0 Å². The van der Waals surface area contributed by atoms with Crippen LogP contribution in [0.5, 0.6) is 0 Å². The van der Waals surface area contributed by atoms with Crippen molar-refractivity contribution in [3.8, 4) is 0 Å². The van der Waals surface area contributed by atoms with Crippen molar-refractivity contribution in [1.29, 1.82) is 0 Å². The van der Waals surface area contributed by atoms with E-state index < -0.39 is 17.1 Å². The van der Waals surface area contributed by atoms with Crippen LogP contribution in [-0.2, 0) is 10.0 Å². The van der Waals surface area contributed by atoms with Gasteiger partial charge in [-0.25, -0.2) is 8.42 Å². The van der Waals surface area contributed by atoms with Gasteiger partial charge in [0.25, 0.3) is 10.0 Å². The molecule has 0 aliphatic carbocycles. The first-order valence-corrected chi connectivity index (χ1v) is 7.84. The number of hydrogen-bond acceptors (Lipinski definition) is 4. The van der Waals surface area contributed by atoms with Crippen molar-refractivity contribution in [3.05, 3.63) is 53.6 Å². The maximum atomic E-state index is 12.2. The molecular weight excluding hydrogens is 289 g/mol. The zero-order valence-electron chi connectivity index (χ0n) is 11.7. The Morgan fingerprint density at radius 3 is 2.19 bits per heavy atom. The molecule has 5 nitrogen and oxygen atoms in total. The van der Waals surface area contributed by atoms with Gasteiger partial charge >= 0.3 is 7.12 Å². The average molecular weight is 305 g/mol. The van der Waals surface area contributed by atoms with E-state index in [9.17, 15) is 18.5 Å². The van der Waals surface area contributed by atoms with Crippen LogP contribution in [0.3, 0.4) is 0 Å². The molecule has 110 valence electrons. The Kier molecular flexibility index (Phi) is 4.36. The smallest absolute Gasteiger partial charge is 0.423 e. The maximum Gasteiger partial charge on any atom is 0.488 e. The highest BCUT2D eigenvalue weighted by Gasteiger charge is 2.18. The first-order chi connectivity index (χ1) is 9.79. The standard InChI is InChI=1S/C14H16BNO4S/c1-10-3-7-13(8-4-10)21(19,20)16-12-6-5-11(2)14(9-12)15(17)18/h3-9,16-18H,1-2H3. The third kappa shape index (κ3) is 3.63. The van der Waals surface area contributed by atoms with E-state index in [2.05, 4.69) is 4.72 Å². The highest BCUT2D eigenvalue weighted by molar-refractivity contribution is 7.92. The molecule has 0 aliphatic rings. The van der Waals surface area contributed by atoms with Gasteiger partial charge in [-0.2, -0.15) is 0 Å². The van der Waals surface area contributed by atoms with Crippen LogP contribution >= 0.6 is 0 Å². The van der Waals surface area contributed by atoms with Gasteiger partial charge in [0.15, 0.2) is 0 Å². The van der Waals surface area contributed by atoms with Crippen molar-refractivity contribution in [2.24, 2.45) is 0 Å². The summed E-state index contributed by atoms with van der Waals surface area (Å²) < 4.78 is 26.9. The lowest BCUT2D eigenvalue weighted by molar-refractivity contribution is 0.425. The normalized spacial score (nSPS) is 11.2. The molecule has 3 N–H and O–H groups in total. The summed E-state index contributed by atoms with van der Waals surface area (Å²) in [6.07, 6.45) is 0. The Balaban J connectivity index is 2.33. The van der Waals surface area contributed by atoms with Crippen LogP contribution in [0.2, 0.25) is 0 Å². The summed E-state index contributed by atoms with van der Waals surface area (Å²) in [6.45, 7) is 3.59. The van der Waals surface area contributed by atoms with Crippen LogP contribution in [-0.4, -0.2) is 25.6 Å². The van der Waals surface area contributed by atoms with Gasteiger partial charge in [0.2, 0.25) is 0 Å². The highest BCUT2D eigenvalue weighted by Crippen LogP contribution is 2.16. The van der Waals surface area contributed by atoms with Gasteiger partial charge < -0.3 is 10.0 Å². The van der Waals surface area contributed by atoms with E-state index in [1.165, 1.54) is 18.2 Å². The van der Waals surface area contributed by atoms with E-state index in [4.69, 9.17) is 0 Å². The van der Waals surface area contributed by atoms with Crippen LogP contribution in [0.15, 0.2) is 47.4 Å². The van der Waals surface area contributed by atoms with Crippen molar-refractivity contribution in [1.82, 2.24) is 0 Å². The predicted molar refractivity (Wildman–Crippen MR) is 83.0 cm³/mol. The summed E-state index contributed by atoms with van der Waals surface area (Å²) in [7, 11) is -5.34. The fourth-order valence-corrected chi connectivity index (χ4v) is 2.96. The third-order valence-corrected chi connectivity index (χ3v) is 4.54. The number of anilines is 1. The van der Waals surface area contributed by atoms with Crippen molar-refractivity contribution in [2.45, 2.75) is 18.7 Å². The third-order valence-electron chi connectivity index (χ3n) is 3.14. The Hall–Kier alpha value is -1.83. The second kappa shape index (κ2) is 5.89. The number of aryl methyl sites for hydroxylation is 2. The number of benzene rings is 2. The van der Waals surface area contributed by atoms with Crippen LogP contribution in [0.4, 0.5) is 5.69 Å². The SMILES string of the molecule is Cc1ccc(S(=O)(=O)Nc2ccc(C)c(B(O)O)c2)cc1. The minimum atomic E-state index is -3.70. The number of sulfonamides is 1. The predicted octanol–water partition coefficient (Wildman–Crippen LogP) is 0.784. The molecule has 21 heavy (non-hydrogen) atoms. The molecule has 0 bridgehead atoms. The first kappa shape index (κ1) is 15.6. The van der Waals surface area contributed by atoms with E-state index >= 15 is 0 Å². The summed E-state index contributed by atoms with van der Waals surface area (Å²) in [5.41, 5.74) is 2.18. The molecule has 2 aromatic rings. The van der Waals surface area contributed by atoms with Crippen LogP contribution in [0, 0.1) is 13.8 Å². The minimum Gasteiger partial charge on any atom is -0.423 e. The molecule has 2 rings (SSSR count). The summed E-state index contributed by atoms with van der Waals surface area (Å²) in [5.74, 6) is 0. The van der Waals surface area contributed by atoms with E-state index in [0.717, 1.165) is 5.56 Å². The zero-order chi connectivity index (χ0) is 15.6. The Bertz CT molecular complexity index is 742. The molecule has 0 atom stereocenters. The molecule has 0 amide bonds. The lowest BCUT2D eigenvalue weighted by Crippen LogP contribution is -2.32. The van der Waals surface area contributed by atoms with Crippen LogP contribution in [0.25, 0.3) is 0 Å². The largest absolute Gasteiger partial charge is 0.488 e. The number of rotatable bonds is 4. The lowest BCUT2D eigenvalue weighted by atomic mass is 9.77. The van der Waals surface area contributed by atoms with Crippen LogP contribution in [0.1, 0.15) is 11.1 Å². The maximum absolute atomic E-state index is 12.2. The van der Waals surface area contributed by atoms with Gasteiger partial charge in [0.05, 0.1) is 4.90 Å². The fraction of sp³-hybridized carbons (Fsp3) is 0.143. The molecule has 0 fully saturated rings. The summed E-state index contributed by atoms with van der Waals surface area (Å²) >= 11 is 0. The Morgan fingerprint density at radius 2 is 1.62 bits per heavy atom. The van der Waals surface area contributed by atoms with Crippen molar-refractivity contribution in [2.75, 3.05) is 4.72 Å². The zero-order valence-corrected chi connectivity index (χ0v) is 12.6. The topological polar surface area (TPSA) is 86.6 Å². The van der Waals surface area contributed by atoms with Gasteiger partial charge in [0.1, 0.15) is 0 Å². The molecule has 0 aromatic heterocycles. The van der Waals surface area contributed by atoms with Crippen molar-refractivity contribution >= 4 is 28.3 Å². The quantitative estimate of drug-likeness (QED) is 0.729. The molecule has 0 aliphatic heterocycles. The molecular formula is C14H16BNO4S. The molecule has 0 unspecified atom stereocenters. The van der Waals surface area contributed by atoms with Gasteiger partial charge in [-0.3, -0.25) is 4.72 Å². The molecule has 7 heteroatoms. The average Bonchev–Trinajstić information content (AvgIpc) is 2.41. The summed E-state index contributed by atoms with van der Waals surface area (Å²) in [4.78, 5) is 0.153. The van der Waals surface area contributed by atoms with Crippen molar-refractivity contribution < 1.29 is 18.5 Å². The van der Waals surface area contributed by atoms with Crippen molar-refractivity contribution in [3.63, 3.8) is 0 Å². The van der Waals surface area contributed by atoms with Gasteiger partial charge in [0, 0.05) is 5.69 Å². The summed E-state index contributed by atoms with van der Waals surface area (Å²) in [6, 6.07) is 11.1. The molecule has 0 spiro atoms. The number of nitrogens with one attached hydrogen (secondary N) is 1. The van der Waals surface area contributed by atoms with E-state index in [1.807, 2.05) is 6.92 Å². The molecule has 0 radical (unpaired) electrons. The molecule has 0 heterocycles. The minimum absolute atomic E-state index is 0.153. The van der Waals surface area contributed by atoms with Gasteiger partial charge in [-0.15, -0.1) is 0 Å². The molecule has 0 saturated heterocycles. The van der Waals surface area contributed by atoms with Gasteiger partial charge in [-0.05, 0) is 43.6 Å². The van der Waals surface area contributed by atoms with E-state index in [1.54, 1.807) is 31.2 Å². The lowest BCUT2D eigenvalue weighted by Gasteiger charge is -2.11. The number of hydrogen-bond donors (Lipinski definition) is 3. The second-order valence-corrected chi connectivity index (χ2v) is 6.55. The van der Waals surface area contributed by atoms with Gasteiger partial charge in [-0.1, -0.05) is 29.3 Å². The van der Waals surface area contributed by atoms with E-state index in [0.29, 0.717) is 5.56 Å². The first-order valence-electron chi connectivity index (χ1n) is 6.36. The fourth-order valence-electron chi connectivity index (χ4n) is 1.91. The molecule has 2 aromatic carbocycles. The molecule has 0 saturated carbocycles. The van der Waals surface area contributed by atoms with Crippen LogP contribution < -0.4 is 10.2 Å². The Labute approximate surface area is 124 Å². The highest BCUT2D eigenvalue weighted by atomic mass is 32.2. The Morgan fingerprint density at radius 1 is 1.00 bits per heavy atom. The summed E-state index contributed by atoms with van der Waals surface area (Å²) in [5, 5.41) is 18.5. The monoisotopic (exact) mass is 305 g/mol. The second-order valence-electron chi connectivity index (χ2n) is 4.86.